The SMILES string of the molecule is CCOC(=O)C(=Cc1ccc(OC)c(C(=O)O)c1)OCC. The number of carbonyl (C=O) groups excluding carboxylic acids is 1. The highest BCUT2D eigenvalue weighted by Crippen LogP contribution is 2.21. The summed E-state index contributed by atoms with van der Waals surface area (Å²) in [5, 5.41) is 9.13. The number of methoxy groups -OCH3 is 1. The van der Waals surface area contributed by atoms with E-state index in [9.17, 15) is 9.59 Å². The van der Waals surface area contributed by atoms with E-state index in [1.54, 1.807) is 19.9 Å². The number of benzene rings is 1. The summed E-state index contributed by atoms with van der Waals surface area (Å²) < 4.78 is 15.1. The molecule has 0 aliphatic heterocycles. The van der Waals surface area contributed by atoms with Crippen LogP contribution in [0.4, 0.5) is 0 Å². The number of hydrogen-bond donors (Lipinski definition) is 1. The highest BCUT2D eigenvalue weighted by Gasteiger charge is 2.14. The third-order valence-corrected chi connectivity index (χ3v) is 2.53. The Hall–Kier alpha value is -2.50. The van der Waals surface area contributed by atoms with Crippen LogP contribution in [0.2, 0.25) is 0 Å². The van der Waals surface area contributed by atoms with Crippen molar-refractivity contribution in [2.45, 2.75) is 13.8 Å². The van der Waals surface area contributed by atoms with E-state index in [0.29, 0.717) is 12.2 Å². The Labute approximate surface area is 122 Å². The number of carboxylic acid groups (broad SMARTS) is 1. The van der Waals surface area contributed by atoms with Gasteiger partial charge in [-0.15, -0.1) is 0 Å². The van der Waals surface area contributed by atoms with Crippen LogP contribution in [0.3, 0.4) is 0 Å². The van der Waals surface area contributed by atoms with E-state index in [2.05, 4.69) is 0 Å². The van der Waals surface area contributed by atoms with Gasteiger partial charge in [0.05, 0.1) is 20.3 Å². The van der Waals surface area contributed by atoms with Gasteiger partial charge in [-0.3, -0.25) is 0 Å². The molecular formula is C15H18O6. The lowest BCUT2D eigenvalue weighted by atomic mass is 10.1. The molecule has 0 atom stereocenters. The summed E-state index contributed by atoms with van der Waals surface area (Å²) in [6, 6.07) is 4.55. The molecule has 0 saturated heterocycles. The van der Waals surface area contributed by atoms with Crippen molar-refractivity contribution in [2.24, 2.45) is 0 Å². The normalized spacial score (nSPS) is 10.9. The molecule has 0 bridgehead atoms. The Morgan fingerprint density at radius 3 is 2.38 bits per heavy atom. The number of rotatable bonds is 7. The maximum atomic E-state index is 11.7. The molecule has 0 radical (unpaired) electrons. The van der Waals surface area contributed by atoms with E-state index < -0.39 is 11.9 Å². The Morgan fingerprint density at radius 1 is 1.19 bits per heavy atom. The minimum absolute atomic E-state index is 0.00552. The molecule has 0 heterocycles. The predicted octanol–water partition coefficient (Wildman–Crippen LogP) is 2.33. The topological polar surface area (TPSA) is 82.1 Å². The van der Waals surface area contributed by atoms with Crippen molar-refractivity contribution in [3.05, 3.63) is 35.1 Å². The number of hydrogen-bond acceptors (Lipinski definition) is 5. The molecule has 1 aromatic carbocycles. The van der Waals surface area contributed by atoms with Gasteiger partial charge in [0.15, 0.2) is 0 Å². The standard InChI is InChI=1S/C15H18O6/c1-4-20-13(15(18)21-5-2)9-10-6-7-12(19-3)11(8-10)14(16)17/h6-9H,4-5H2,1-3H3,(H,16,17). The summed E-state index contributed by atoms with van der Waals surface area (Å²) in [6.07, 6.45) is 1.44. The van der Waals surface area contributed by atoms with Crippen molar-refractivity contribution in [3.8, 4) is 5.75 Å². The van der Waals surface area contributed by atoms with Crippen molar-refractivity contribution in [2.75, 3.05) is 20.3 Å². The monoisotopic (exact) mass is 294 g/mol. The molecule has 0 saturated carbocycles. The molecule has 114 valence electrons. The van der Waals surface area contributed by atoms with Gasteiger partial charge in [0.1, 0.15) is 11.3 Å². The third-order valence-electron chi connectivity index (χ3n) is 2.53. The maximum Gasteiger partial charge on any atom is 0.373 e. The fourth-order valence-electron chi connectivity index (χ4n) is 1.65. The van der Waals surface area contributed by atoms with Crippen LogP contribution < -0.4 is 4.74 Å². The first-order chi connectivity index (χ1) is 10.0. The minimum Gasteiger partial charge on any atom is -0.496 e. The van der Waals surface area contributed by atoms with E-state index in [1.807, 2.05) is 0 Å². The van der Waals surface area contributed by atoms with E-state index >= 15 is 0 Å². The smallest absolute Gasteiger partial charge is 0.373 e. The van der Waals surface area contributed by atoms with Gasteiger partial charge in [-0.05, 0) is 37.6 Å². The molecule has 0 fully saturated rings. The Kier molecular flexibility index (Phi) is 6.26. The molecule has 1 aromatic rings. The Morgan fingerprint density at radius 2 is 1.86 bits per heavy atom. The van der Waals surface area contributed by atoms with E-state index in [0.717, 1.165) is 0 Å². The van der Waals surface area contributed by atoms with Crippen molar-refractivity contribution in [1.82, 2.24) is 0 Å². The molecule has 1 N–H and O–H groups in total. The molecule has 6 nitrogen and oxygen atoms in total. The van der Waals surface area contributed by atoms with Gasteiger partial charge in [0.2, 0.25) is 5.76 Å². The summed E-state index contributed by atoms with van der Waals surface area (Å²) in [5.74, 6) is -1.43. The van der Waals surface area contributed by atoms with Gasteiger partial charge < -0.3 is 19.3 Å². The average molecular weight is 294 g/mol. The molecule has 0 aliphatic rings. The summed E-state index contributed by atoms with van der Waals surface area (Å²) in [7, 11) is 1.39. The highest BCUT2D eigenvalue weighted by atomic mass is 16.6. The molecule has 6 heteroatoms. The van der Waals surface area contributed by atoms with Crippen molar-refractivity contribution in [3.63, 3.8) is 0 Å². The molecule has 21 heavy (non-hydrogen) atoms. The van der Waals surface area contributed by atoms with E-state index in [1.165, 1.54) is 25.3 Å². The lowest BCUT2D eigenvalue weighted by Gasteiger charge is -2.09. The lowest BCUT2D eigenvalue weighted by molar-refractivity contribution is -0.142. The fraction of sp³-hybridized carbons (Fsp3) is 0.333. The van der Waals surface area contributed by atoms with Gasteiger partial charge in [-0.2, -0.15) is 0 Å². The van der Waals surface area contributed by atoms with Crippen LogP contribution in [0.25, 0.3) is 6.08 Å². The van der Waals surface area contributed by atoms with E-state index in [4.69, 9.17) is 19.3 Å². The van der Waals surface area contributed by atoms with Crippen molar-refractivity contribution < 1.29 is 28.9 Å². The zero-order chi connectivity index (χ0) is 15.8. The number of carbonyl (C=O) groups is 2. The van der Waals surface area contributed by atoms with Gasteiger partial charge in [-0.1, -0.05) is 6.07 Å². The Bertz CT molecular complexity index is 547. The first-order valence-corrected chi connectivity index (χ1v) is 6.46. The van der Waals surface area contributed by atoms with Gasteiger partial charge >= 0.3 is 11.9 Å². The molecule has 0 spiro atoms. The van der Waals surface area contributed by atoms with Crippen molar-refractivity contribution >= 4 is 18.0 Å². The number of carboxylic acids is 1. The van der Waals surface area contributed by atoms with Crippen molar-refractivity contribution in [1.29, 1.82) is 0 Å². The quantitative estimate of drug-likeness (QED) is 0.472. The minimum atomic E-state index is -1.11. The van der Waals surface area contributed by atoms with E-state index in [-0.39, 0.29) is 23.7 Å². The van der Waals surface area contributed by atoms with Crippen LogP contribution in [0.1, 0.15) is 29.8 Å². The van der Waals surface area contributed by atoms with Crippen LogP contribution >= 0.6 is 0 Å². The molecule has 1 rings (SSSR count). The first kappa shape index (κ1) is 16.6. The molecule has 0 unspecified atom stereocenters. The van der Waals surface area contributed by atoms with Crippen LogP contribution in [0, 0.1) is 0 Å². The summed E-state index contributed by atoms with van der Waals surface area (Å²) in [6.45, 7) is 3.96. The Balaban J connectivity index is 3.18. The number of ether oxygens (including phenoxy) is 3. The van der Waals surface area contributed by atoms with Crippen LogP contribution in [-0.4, -0.2) is 37.4 Å². The number of esters is 1. The molecule has 0 aliphatic carbocycles. The van der Waals surface area contributed by atoms with Crippen LogP contribution in [0.5, 0.6) is 5.75 Å². The van der Waals surface area contributed by atoms with Gasteiger partial charge in [-0.25, -0.2) is 9.59 Å². The maximum absolute atomic E-state index is 11.7. The zero-order valence-electron chi connectivity index (χ0n) is 12.2. The van der Waals surface area contributed by atoms with Gasteiger partial charge in [0, 0.05) is 0 Å². The zero-order valence-corrected chi connectivity index (χ0v) is 12.2. The lowest BCUT2D eigenvalue weighted by Crippen LogP contribution is -2.10. The largest absolute Gasteiger partial charge is 0.496 e. The molecular weight excluding hydrogens is 276 g/mol. The third kappa shape index (κ3) is 4.52. The van der Waals surface area contributed by atoms with Crippen LogP contribution in [-0.2, 0) is 14.3 Å². The summed E-state index contributed by atoms with van der Waals surface area (Å²) >= 11 is 0. The first-order valence-electron chi connectivity index (χ1n) is 6.46. The summed E-state index contributed by atoms with van der Waals surface area (Å²) in [5.41, 5.74) is 0.510. The highest BCUT2D eigenvalue weighted by molar-refractivity contribution is 5.94. The predicted molar refractivity (Wildman–Crippen MR) is 76.2 cm³/mol. The second-order valence-corrected chi connectivity index (χ2v) is 3.93. The molecule has 0 aromatic heterocycles. The second kappa shape index (κ2) is 7.94. The second-order valence-electron chi connectivity index (χ2n) is 3.93. The average Bonchev–Trinajstić information content (AvgIpc) is 2.46. The van der Waals surface area contributed by atoms with Crippen LogP contribution in [0.15, 0.2) is 24.0 Å². The summed E-state index contributed by atoms with van der Waals surface area (Å²) in [4.78, 5) is 22.9. The van der Waals surface area contributed by atoms with Gasteiger partial charge in [0.25, 0.3) is 0 Å². The molecule has 0 amide bonds. The number of aromatic carboxylic acids is 1. The fourth-order valence-corrected chi connectivity index (χ4v) is 1.65.